The van der Waals surface area contributed by atoms with E-state index in [0.717, 1.165) is 31.9 Å². The molecule has 1 aromatic heterocycles. The summed E-state index contributed by atoms with van der Waals surface area (Å²) in [5, 5.41) is 30.9. The number of rotatable bonds is 6. The lowest BCUT2D eigenvalue weighted by molar-refractivity contribution is -0.274. The average molecular weight is 412 g/mol. The molecule has 158 valence electrons. The van der Waals surface area contributed by atoms with E-state index in [0.29, 0.717) is 23.6 Å². The van der Waals surface area contributed by atoms with Crippen molar-refractivity contribution in [3.63, 3.8) is 0 Å². The molecule has 0 unspecified atom stereocenters. The van der Waals surface area contributed by atoms with Gasteiger partial charge in [0.05, 0.1) is 12.4 Å². The van der Waals surface area contributed by atoms with Crippen molar-refractivity contribution in [2.75, 3.05) is 25.1 Å². The third-order valence-corrected chi connectivity index (χ3v) is 4.89. The summed E-state index contributed by atoms with van der Waals surface area (Å²) < 4.78 is 41.0. The molecule has 3 rings (SSSR count). The van der Waals surface area contributed by atoms with Gasteiger partial charge in [0.2, 0.25) is 0 Å². The van der Waals surface area contributed by atoms with Crippen LogP contribution in [-0.4, -0.2) is 57.5 Å². The molecule has 1 saturated heterocycles. The number of phenols is 1. The van der Waals surface area contributed by atoms with Gasteiger partial charge in [-0.15, -0.1) is 23.4 Å². The number of aryl methyl sites for hydroxylation is 1. The number of nitrogens with zero attached hydrogens (tertiary/aromatic N) is 3. The van der Waals surface area contributed by atoms with Crippen molar-refractivity contribution in [1.82, 2.24) is 15.1 Å². The number of benzene rings is 1. The number of halogens is 3. The van der Waals surface area contributed by atoms with E-state index < -0.39 is 12.1 Å². The van der Waals surface area contributed by atoms with Gasteiger partial charge in [-0.05, 0) is 43.5 Å². The van der Waals surface area contributed by atoms with E-state index in [1.807, 2.05) is 4.90 Å². The molecular formula is C19H23F3N4O3. The highest BCUT2D eigenvalue weighted by atomic mass is 19.4. The van der Waals surface area contributed by atoms with Crippen molar-refractivity contribution in [2.45, 2.75) is 38.6 Å². The number of hydrogen-bond donors (Lipinski definition) is 3. The van der Waals surface area contributed by atoms with Crippen molar-refractivity contribution in [3.05, 3.63) is 29.8 Å². The second kappa shape index (κ2) is 8.83. The van der Waals surface area contributed by atoms with Gasteiger partial charge in [-0.25, -0.2) is 0 Å². The first kappa shape index (κ1) is 21.1. The van der Waals surface area contributed by atoms with Crippen LogP contribution >= 0.6 is 0 Å². The van der Waals surface area contributed by atoms with Gasteiger partial charge in [0.1, 0.15) is 17.3 Å². The van der Waals surface area contributed by atoms with Gasteiger partial charge in [-0.3, -0.25) is 4.90 Å². The topological polar surface area (TPSA) is 90.7 Å². The molecule has 7 nitrogen and oxygen atoms in total. The minimum absolute atomic E-state index is 0.0174. The Bertz CT molecular complexity index is 807. The second-order valence-electron chi connectivity index (χ2n) is 6.97. The van der Waals surface area contributed by atoms with Crippen LogP contribution in [0.1, 0.15) is 24.8 Å². The number of aromatic nitrogens is 2. The molecule has 1 aliphatic rings. The summed E-state index contributed by atoms with van der Waals surface area (Å²) in [6.45, 7) is 3.05. The van der Waals surface area contributed by atoms with Crippen molar-refractivity contribution in [3.8, 4) is 22.8 Å². The maximum atomic E-state index is 12.4. The Morgan fingerprint density at radius 3 is 2.66 bits per heavy atom. The number of piperidine rings is 1. The fourth-order valence-electron chi connectivity index (χ4n) is 3.52. The Morgan fingerprint density at radius 1 is 1.24 bits per heavy atom. The standard InChI is InChI=1S/C19H23F3N4O3/c1-12-8-14(29-19(20,21)22)9-16(28)18(12)15-5-6-17(25-24-15)23-10-13-4-2-3-7-26(13)11-27/h5-6,8-9,13,27-28H,2-4,7,10-11H2,1H3,(H,23,25)/t13-/m1/s1. The molecule has 1 atom stereocenters. The van der Waals surface area contributed by atoms with Gasteiger partial charge in [0.25, 0.3) is 0 Å². The summed E-state index contributed by atoms with van der Waals surface area (Å²) in [5.74, 6) is -0.338. The Kier molecular flexibility index (Phi) is 6.43. The fraction of sp³-hybridized carbons (Fsp3) is 0.474. The number of hydrogen-bond acceptors (Lipinski definition) is 7. The molecule has 2 aromatic rings. The highest BCUT2D eigenvalue weighted by Gasteiger charge is 2.31. The van der Waals surface area contributed by atoms with Gasteiger partial charge in [-0.1, -0.05) is 6.42 Å². The molecular weight excluding hydrogens is 389 g/mol. The third kappa shape index (κ3) is 5.48. The van der Waals surface area contributed by atoms with Gasteiger partial charge >= 0.3 is 6.36 Å². The highest BCUT2D eigenvalue weighted by Crippen LogP contribution is 2.36. The first-order chi connectivity index (χ1) is 13.8. The molecule has 10 heteroatoms. The van der Waals surface area contributed by atoms with Crippen LogP contribution < -0.4 is 10.1 Å². The zero-order valence-electron chi connectivity index (χ0n) is 15.9. The molecule has 0 amide bonds. The predicted octanol–water partition coefficient (Wildman–Crippen LogP) is 3.27. The number of anilines is 1. The highest BCUT2D eigenvalue weighted by molar-refractivity contribution is 5.72. The van der Waals surface area contributed by atoms with E-state index in [4.69, 9.17) is 0 Å². The first-order valence-corrected chi connectivity index (χ1v) is 9.29. The minimum Gasteiger partial charge on any atom is -0.507 e. The van der Waals surface area contributed by atoms with E-state index in [-0.39, 0.29) is 24.1 Å². The van der Waals surface area contributed by atoms with Crippen molar-refractivity contribution >= 4 is 5.82 Å². The third-order valence-electron chi connectivity index (χ3n) is 4.89. The maximum Gasteiger partial charge on any atom is 0.573 e. The summed E-state index contributed by atoms with van der Waals surface area (Å²) >= 11 is 0. The number of nitrogens with one attached hydrogen (secondary N) is 1. The van der Waals surface area contributed by atoms with E-state index >= 15 is 0 Å². The quantitative estimate of drug-likeness (QED) is 0.671. The van der Waals surface area contributed by atoms with Crippen LogP contribution in [0.25, 0.3) is 11.3 Å². The molecule has 2 heterocycles. The average Bonchev–Trinajstić information content (AvgIpc) is 2.65. The summed E-state index contributed by atoms with van der Waals surface area (Å²) in [6.07, 6.45) is -1.67. The van der Waals surface area contributed by atoms with Crippen molar-refractivity contribution in [2.24, 2.45) is 0 Å². The van der Waals surface area contributed by atoms with Crippen LogP contribution in [0, 0.1) is 6.92 Å². The fourth-order valence-corrected chi connectivity index (χ4v) is 3.52. The molecule has 1 fully saturated rings. The lowest BCUT2D eigenvalue weighted by Gasteiger charge is -2.34. The lowest BCUT2D eigenvalue weighted by Crippen LogP contribution is -2.44. The summed E-state index contributed by atoms with van der Waals surface area (Å²) in [7, 11) is 0. The zero-order valence-corrected chi connectivity index (χ0v) is 15.9. The molecule has 1 aromatic carbocycles. The van der Waals surface area contributed by atoms with Crippen LogP contribution in [-0.2, 0) is 0 Å². The number of alkyl halides is 3. The summed E-state index contributed by atoms with van der Waals surface area (Å²) in [5.41, 5.74) is 0.996. The monoisotopic (exact) mass is 412 g/mol. The Labute approximate surface area is 166 Å². The second-order valence-corrected chi connectivity index (χ2v) is 6.97. The summed E-state index contributed by atoms with van der Waals surface area (Å²) in [4.78, 5) is 2.00. The van der Waals surface area contributed by atoms with Gasteiger partial charge < -0.3 is 20.3 Å². The minimum atomic E-state index is -4.84. The number of likely N-dealkylation sites (tertiary alicyclic amines) is 1. The SMILES string of the molecule is Cc1cc(OC(F)(F)F)cc(O)c1-c1ccc(NC[C@H]2CCCCN2CO)nn1. The number of aromatic hydroxyl groups is 1. The largest absolute Gasteiger partial charge is 0.573 e. The first-order valence-electron chi connectivity index (χ1n) is 9.29. The van der Waals surface area contributed by atoms with Crippen LogP contribution in [0.3, 0.4) is 0 Å². The molecule has 0 bridgehead atoms. The van der Waals surface area contributed by atoms with E-state index in [1.54, 1.807) is 19.1 Å². The number of phenolic OH excluding ortho intramolecular Hbond substituents is 1. The van der Waals surface area contributed by atoms with Gasteiger partial charge in [0, 0.05) is 30.8 Å². The molecule has 0 saturated carbocycles. The number of ether oxygens (including phenoxy) is 1. The molecule has 0 spiro atoms. The number of aliphatic hydroxyl groups is 1. The Balaban J connectivity index is 1.70. The van der Waals surface area contributed by atoms with E-state index in [1.165, 1.54) is 6.07 Å². The normalized spacial score (nSPS) is 17.9. The predicted molar refractivity (Wildman–Crippen MR) is 100 cm³/mol. The van der Waals surface area contributed by atoms with Crippen LogP contribution in [0.4, 0.5) is 19.0 Å². The van der Waals surface area contributed by atoms with Crippen LogP contribution in [0.5, 0.6) is 11.5 Å². The van der Waals surface area contributed by atoms with Crippen LogP contribution in [0.15, 0.2) is 24.3 Å². The van der Waals surface area contributed by atoms with E-state index in [9.17, 15) is 23.4 Å². The lowest BCUT2D eigenvalue weighted by atomic mass is 10.0. The summed E-state index contributed by atoms with van der Waals surface area (Å²) in [6, 6.07) is 5.61. The molecule has 0 aliphatic carbocycles. The van der Waals surface area contributed by atoms with Gasteiger partial charge in [0.15, 0.2) is 0 Å². The Hall–Kier alpha value is -2.59. The Morgan fingerprint density at radius 2 is 2.03 bits per heavy atom. The number of aliphatic hydroxyl groups excluding tert-OH is 1. The van der Waals surface area contributed by atoms with Crippen molar-refractivity contribution in [1.29, 1.82) is 0 Å². The van der Waals surface area contributed by atoms with E-state index in [2.05, 4.69) is 20.3 Å². The molecule has 0 radical (unpaired) electrons. The maximum absolute atomic E-state index is 12.4. The zero-order chi connectivity index (χ0) is 21.0. The molecule has 29 heavy (non-hydrogen) atoms. The van der Waals surface area contributed by atoms with Crippen molar-refractivity contribution < 1.29 is 28.1 Å². The van der Waals surface area contributed by atoms with Gasteiger partial charge in [-0.2, -0.15) is 0 Å². The molecule has 3 N–H and O–H groups in total. The molecule has 1 aliphatic heterocycles. The smallest absolute Gasteiger partial charge is 0.507 e. The van der Waals surface area contributed by atoms with Crippen LogP contribution in [0.2, 0.25) is 0 Å².